The molecule has 0 radical (unpaired) electrons. The van der Waals surface area contributed by atoms with E-state index in [-0.39, 0.29) is 28.9 Å². The van der Waals surface area contributed by atoms with E-state index in [1.807, 2.05) is 20.8 Å². The smallest absolute Gasteiger partial charge is 0.292 e. The minimum absolute atomic E-state index is 0.00840. The predicted octanol–water partition coefficient (Wildman–Crippen LogP) is 2.39. The van der Waals surface area contributed by atoms with E-state index in [0.717, 1.165) is 6.07 Å². The molecule has 0 saturated carbocycles. The average molecular weight is 318 g/mol. The molecule has 1 amide bonds. The molecular weight excluding hydrogens is 300 g/mol. The van der Waals surface area contributed by atoms with Crippen molar-refractivity contribution in [1.82, 2.24) is 10.3 Å². The Morgan fingerprint density at radius 1 is 1.43 bits per heavy atom. The van der Waals surface area contributed by atoms with Crippen LogP contribution in [0.3, 0.4) is 0 Å². The molecule has 0 bridgehead atoms. The highest BCUT2D eigenvalue weighted by atomic mass is 16.6. The van der Waals surface area contributed by atoms with E-state index in [2.05, 4.69) is 10.3 Å². The summed E-state index contributed by atoms with van der Waals surface area (Å²) >= 11 is 0. The Balaban J connectivity index is 2.07. The van der Waals surface area contributed by atoms with Gasteiger partial charge < -0.3 is 15.5 Å². The number of hydrogen-bond donors (Lipinski definition) is 2. The number of hydrogen-bond acceptors (Lipinski definition) is 6. The van der Waals surface area contributed by atoms with Crippen LogP contribution < -0.4 is 11.1 Å². The minimum atomic E-state index is -0.629. The lowest BCUT2D eigenvalue weighted by Gasteiger charge is -2.13. The summed E-state index contributed by atoms with van der Waals surface area (Å²) in [6.07, 6.45) is 1.62. The Morgan fingerprint density at radius 3 is 2.70 bits per heavy atom. The second-order valence-corrected chi connectivity index (χ2v) is 6.08. The second-order valence-electron chi connectivity index (χ2n) is 6.08. The number of nitrogens with one attached hydrogen (secondary N) is 1. The quantitative estimate of drug-likeness (QED) is 0.506. The first-order valence-electron chi connectivity index (χ1n) is 6.96. The van der Waals surface area contributed by atoms with Gasteiger partial charge in [0.1, 0.15) is 11.4 Å². The lowest BCUT2D eigenvalue weighted by Crippen LogP contribution is -2.23. The molecule has 0 atom stereocenters. The third kappa shape index (κ3) is 3.85. The first kappa shape index (κ1) is 16.5. The van der Waals surface area contributed by atoms with Crippen molar-refractivity contribution in [3.05, 3.63) is 51.7 Å². The third-order valence-corrected chi connectivity index (χ3v) is 3.18. The van der Waals surface area contributed by atoms with E-state index >= 15 is 0 Å². The summed E-state index contributed by atoms with van der Waals surface area (Å²) in [5, 5.41) is 13.4. The highest BCUT2D eigenvalue weighted by Gasteiger charge is 2.20. The molecule has 122 valence electrons. The maximum absolute atomic E-state index is 12.1. The Bertz CT molecular complexity index is 746. The summed E-state index contributed by atoms with van der Waals surface area (Å²) in [5.74, 6) is 0.613. The summed E-state index contributed by atoms with van der Waals surface area (Å²) < 4.78 is 5.56. The largest absolute Gasteiger partial charge is 0.443 e. The van der Waals surface area contributed by atoms with Gasteiger partial charge in [-0.2, -0.15) is 0 Å². The van der Waals surface area contributed by atoms with Crippen molar-refractivity contribution >= 4 is 17.3 Å². The number of carbonyl (C=O) groups excluding carboxylic acids is 1. The zero-order valence-corrected chi connectivity index (χ0v) is 13.1. The van der Waals surface area contributed by atoms with Crippen LogP contribution in [0.4, 0.5) is 11.4 Å². The van der Waals surface area contributed by atoms with Crippen LogP contribution >= 0.6 is 0 Å². The van der Waals surface area contributed by atoms with Gasteiger partial charge in [0.25, 0.3) is 11.6 Å². The number of benzene rings is 1. The number of anilines is 1. The van der Waals surface area contributed by atoms with Gasteiger partial charge in [0, 0.05) is 17.0 Å². The predicted molar refractivity (Wildman–Crippen MR) is 83.9 cm³/mol. The van der Waals surface area contributed by atoms with Crippen LogP contribution in [0.15, 0.2) is 28.8 Å². The summed E-state index contributed by atoms with van der Waals surface area (Å²) in [5.41, 5.74) is 5.18. The molecule has 8 nitrogen and oxygen atoms in total. The first-order chi connectivity index (χ1) is 10.7. The third-order valence-electron chi connectivity index (χ3n) is 3.18. The van der Waals surface area contributed by atoms with Crippen molar-refractivity contribution in [2.24, 2.45) is 0 Å². The van der Waals surface area contributed by atoms with E-state index in [1.54, 1.807) is 6.20 Å². The Morgan fingerprint density at radius 2 is 2.13 bits per heavy atom. The normalized spacial score (nSPS) is 11.3. The molecule has 8 heteroatoms. The number of rotatable bonds is 4. The SMILES string of the molecule is CC(C)(C)c1cnc(CNC(=O)c2ccc(N)c([N+](=O)[O-])c2)o1. The van der Waals surface area contributed by atoms with Gasteiger partial charge in [-0.15, -0.1) is 0 Å². The standard InChI is InChI=1S/C15H18N4O4/c1-15(2,3)12-7-17-13(23-12)8-18-14(20)9-4-5-10(16)11(6-9)19(21)22/h4-7H,8,16H2,1-3H3,(H,18,20). The number of nitrogen functional groups attached to an aromatic ring is 1. The fourth-order valence-electron chi connectivity index (χ4n) is 1.84. The molecule has 2 rings (SSSR count). The number of carbonyl (C=O) groups is 1. The maximum atomic E-state index is 12.1. The van der Waals surface area contributed by atoms with Crippen molar-refractivity contribution in [2.75, 3.05) is 5.73 Å². The molecule has 1 aromatic heterocycles. The van der Waals surface area contributed by atoms with E-state index < -0.39 is 10.8 Å². The van der Waals surface area contributed by atoms with Gasteiger partial charge in [-0.1, -0.05) is 20.8 Å². The maximum Gasteiger partial charge on any atom is 0.292 e. The van der Waals surface area contributed by atoms with Crippen molar-refractivity contribution < 1.29 is 14.1 Å². The number of nitro groups is 1. The van der Waals surface area contributed by atoms with E-state index in [4.69, 9.17) is 10.2 Å². The molecule has 0 fully saturated rings. The Labute approximate surface area is 132 Å². The number of nitrogens with zero attached hydrogens (tertiary/aromatic N) is 2. The molecule has 1 aromatic carbocycles. The van der Waals surface area contributed by atoms with E-state index in [0.29, 0.717) is 11.7 Å². The van der Waals surface area contributed by atoms with Crippen LogP contribution in [0.2, 0.25) is 0 Å². The number of nitrogens with two attached hydrogens (primary N) is 1. The first-order valence-corrected chi connectivity index (χ1v) is 6.96. The van der Waals surface area contributed by atoms with Crippen LogP contribution in [-0.2, 0) is 12.0 Å². The number of amides is 1. The summed E-state index contributed by atoms with van der Waals surface area (Å²) in [6.45, 7) is 6.06. The fraction of sp³-hybridized carbons (Fsp3) is 0.333. The van der Waals surface area contributed by atoms with Gasteiger partial charge >= 0.3 is 0 Å². The number of nitro benzene ring substituents is 1. The highest BCUT2D eigenvalue weighted by Crippen LogP contribution is 2.23. The summed E-state index contributed by atoms with van der Waals surface area (Å²) in [7, 11) is 0. The monoisotopic (exact) mass is 318 g/mol. The Kier molecular flexibility index (Phi) is 4.35. The van der Waals surface area contributed by atoms with Gasteiger partial charge in [-0.25, -0.2) is 4.98 Å². The number of aromatic nitrogens is 1. The van der Waals surface area contributed by atoms with Gasteiger partial charge in [0.05, 0.1) is 17.7 Å². The van der Waals surface area contributed by atoms with Crippen LogP contribution in [0.25, 0.3) is 0 Å². The highest BCUT2D eigenvalue weighted by molar-refractivity contribution is 5.95. The molecule has 0 aliphatic heterocycles. The molecule has 2 aromatic rings. The fourth-order valence-corrected chi connectivity index (χ4v) is 1.84. The lowest BCUT2D eigenvalue weighted by atomic mass is 9.94. The van der Waals surface area contributed by atoms with Gasteiger partial charge in [-0.05, 0) is 12.1 Å². The van der Waals surface area contributed by atoms with Gasteiger partial charge in [0.2, 0.25) is 5.89 Å². The van der Waals surface area contributed by atoms with Gasteiger partial charge in [-0.3, -0.25) is 14.9 Å². The zero-order chi connectivity index (χ0) is 17.2. The van der Waals surface area contributed by atoms with E-state index in [1.165, 1.54) is 12.1 Å². The van der Waals surface area contributed by atoms with Crippen LogP contribution in [-0.4, -0.2) is 15.8 Å². The molecule has 0 spiro atoms. The van der Waals surface area contributed by atoms with Crippen molar-refractivity contribution in [3.8, 4) is 0 Å². The topological polar surface area (TPSA) is 124 Å². The minimum Gasteiger partial charge on any atom is -0.443 e. The van der Waals surface area contributed by atoms with Crippen molar-refractivity contribution in [2.45, 2.75) is 32.7 Å². The average Bonchev–Trinajstić information content (AvgIpc) is 2.94. The Hall–Kier alpha value is -2.90. The molecule has 23 heavy (non-hydrogen) atoms. The van der Waals surface area contributed by atoms with Gasteiger partial charge in [0.15, 0.2) is 0 Å². The molecule has 0 aliphatic carbocycles. The van der Waals surface area contributed by atoms with E-state index in [9.17, 15) is 14.9 Å². The molecule has 0 unspecified atom stereocenters. The summed E-state index contributed by atoms with van der Waals surface area (Å²) in [4.78, 5) is 26.4. The molecule has 0 aliphatic rings. The molecule has 1 heterocycles. The zero-order valence-electron chi connectivity index (χ0n) is 13.1. The van der Waals surface area contributed by atoms with Crippen LogP contribution in [0.1, 0.15) is 42.8 Å². The molecule has 0 saturated heterocycles. The summed E-state index contributed by atoms with van der Waals surface area (Å²) in [6, 6.07) is 3.89. The van der Waals surface area contributed by atoms with Crippen molar-refractivity contribution in [1.29, 1.82) is 0 Å². The molecular formula is C15H18N4O4. The number of oxazole rings is 1. The molecule has 3 N–H and O–H groups in total. The van der Waals surface area contributed by atoms with Crippen LogP contribution in [0.5, 0.6) is 0 Å². The second kappa shape index (κ2) is 6.07. The van der Waals surface area contributed by atoms with Crippen LogP contribution in [0, 0.1) is 10.1 Å². The lowest BCUT2D eigenvalue weighted by molar-refractivity contribution is -0.383. The van der Waals surface area contributed by atoms with Crippen molar-refractivity contribution in [3.63, 3.8) is 0 Å².